The summed E-state index contributed by atoms with van der Waals surface area (Å²) in [6, 6.07) is 10.7. The van der Waals surface area contributed by atoms with E-state index in [1.54, 1.807) is 24.3 Å². The molecule has 2 aromatic carbocycles. The van der Waals surface area contributed by atoms with Gasteiger partial charge in [-0.15, -0.1) is 0 Å². The normalized spacial score (nSPS) is 12.1. The van der Waals surface area contributed by atoms with E-state index in [-0.39, 0.29) is 15.5 Å². The van der Waals surface area contributed by atoms with E-state index in [1.807, 2.05) is 0 Å². The fourth-order valence-corrected chi connectivity index (χ4v) is 3.64. The van der Waals surface area contributed by atoms with Crippen LogP contribution in [0.15, 0.2) is 52.3 Å². The first-order valence-electron chi connectivity index (χ1n) is 6.14. The highest BCUT2D eigenvalue weighted by atomic mass is 35.5. The van der Waals surface area contributed by atoms with E-state index >= 15 is 0 Å². The van der Waals surface area contributed by atoms with E-state index in [2.05, 4.69) is 5.32 Å². The molecule has 0 atom stereocenters. The van der Waals surface area contributed by atoms with Crippen molar-refractivity contribution >= 4 is 42.7 Å². The molecule has 0 radical (unpaired) electrons. The van der Waals surface area contributed by atoms with Crippen LogP contribution in [-0.2, 0) is 19.7 Å². The smallest absolute Gasteiger partial charge is 0.177 e. The molecule has 0 aliphatic carbocycles. The highest BCUT2D eigenvalue weighted by molar-refractivity contribution is 7.91. The van der Waals surface area contributed by atoms with E-state index in [1.165, 1.54) is 12.1 Å². The van der Waals surface area contributed by atoms with Gasteiger partial charge in [-0.2, -0.15) is 0 Å². The fraction of sp³-hybridized carbons (Fsp3) is 0.143. The second kappa shape index (κ2) is 5.91. The summed E-state index contributed by atoms with van der Waals surface area (Å²) >= 11 is 5.89. The summed E-state index contributed by atoms with van der Waals surface area (Å²) in [6.45, 7) is 0. The van der Waals surface area contributed by atoms with E-state index in [0.717, 1.165) is 18.6 Å². The van der Waals surface area contributed by atoms with Crippen molar-refractivity contribution in [1.82, 2.24) is 0 Å². The molecule has 1 N–H and O–H groups in total. The third-order valence-corrected chi connectivity index (χ3v) is 5.37. The van der Waals surface area contributed by atoms with Gasteiger partial charge in [-0.1, -0.05) is 17.7 Å². The predicted octanol–water partition coefficient (Wildman–Crippen LogP) is 2.89. The standard InChI is InChI=1S/C14H14ClNO4S2/c1-21(17,18)12-6-7-13(14(9-12)22(2,19)20)16-11-5-3-4-10(15)8-11/h3-9,16H,1-2H3. The molecule has 5 nitrogen and oxygen atoms in total. The van der Waals surface area contributed by atoms with Crippen LogP contribution in [0.4, 0.5) is 11.4 Å². The summed E-state index contributed by atoms with van der Waals surface area (Å²) in [5.74, 6) is 0. The van der Waals surface area contributed by atoms with Crippen molar-refractivity contribution in [3.63, 3.8) is 0 Å². The number of rotatable bonds is 4. The van der Waals surface area contributed by atoms with Crippen molar-refractivity contribution in [1.29, 1.82) is 0 Å². The van der Waals surface area contributed by atoms with Gasteiger partial charge in [-0.3, -0.25) is 0 Å². The molecule has 0 aliphatic heterocycles. The number of benzene rings is 2. The minimum absolute atomic E-state index is 0.0513. The maximum atomic E-state index is 11.9. The lowest BCUT2D eigenvalue weighted by Crippen LogP contribution is -2.06. The van der Waals surface area contributed by atoms with Crippen LogP contribution in [0.2, 0.25) is 5.02 Å². The largest absolute Gasteiger partial charge is 0.354 e. The third kappa shape index (κ3) is 4.00. The zero-order valence-corrected chi connectivity index (χ0v) is 14.3. The maximum Gasteiger partial charge on any atom is 0.177 e. The Morgan fingerprint density at radius 1 is 0.909 bits per heavy atom. The van der Waals surface area contributed by atoms with Gasteiger partial charge in [0.05, 0.1) is 15.5 Å². The molecule has 0 aliphatic rings. The first kappa shape index (κ1) is 16.8. The fourth-order valence-electron chi connectivity index (χ4n) is 1.87. The van der Waals surface area contributed by atoms with Crippen LogP contribution in [0.25, 0.3) is 0 Å². The molecule has 0 saturated carbocycles. The quantitative estimate of drug-likeness (QED) is 0.907. The van der Waals surface area contributed by atoms with Crippen molar-refractivity contribution in [3.8, 4) is 0 Å². The molecule has 22 heavy (non-hydrogen) atoms. The molecule has 0 saturated heterocycles. The lowest BCUT2D eigenvalue weighted by molar-refractivity contribution is 0.600. The number of nitrogens with one attached hydrogen (secondary N) is 1. The minimum Gasteiger partial charge on any atom is -0.354 e. The molecule has 0 amide bonds. The third-order valence-electron chi connectivity index (χ3n) is 2.88. The van der Waals surface area contributed by atoms with E-state index < -0.39 is 19.7 Å². The molecule has 0 aromatic heterocycles. The average Bonchev–Trinajstić information content (AvgIpc) is 2.36. The lowest BCUT2D eigenvalue weighted by Gasteiger charge is -2.12. The van der Waals surface area contributed by atoms with Crippen LogP contribution in [0.5, 0.6) is 0 Å². The number of anilines is 2. The Labute approximate surface area is 134 Å². The molecule has 8 heteroatoms. The summed E-state index contributed by atoms with van der Waals surface area (Å²) in [4.78, 5) is -0.139. The molecular formula is C14H14ClNO4S2. The maximum absolute atomic E-state index is 11.9. The van der Waals surface area contributed by atoms with Crippen LogP contribution in [0, 0.1) is 0 Å². The Hall–Kier alpha value is -1.57. The summed E-state index contributed by atoms with van der Waals surface area (Å²) in [6.07, 6.45) is 2.05. The summed E-state index contributed by atoms with van der Waals surface area (Å²) < 4.78 is 47.0. The molecule has 2 aromatic rings. The zero-order chi connectivity index (χ0) is 16.5. The first-order chi connectivity index (χ1) is 10.1. The Morgan fingerprint density at radius 3 is 2.14 bits per heavy atom. The number of hydrogen-bond donors (Lipinski definition) is 1. The SMILES string of the molecule is CS(=O)(=O)c1ccc(Nc2cccc(Cl)c2)c(S(C)(=O)=O)c1. The van der Waals surface area contributed by atoms with Gasteiger partial charge in [-0.25, -0.2) is 16.8 Å². The van der Waals surface area contributed by atoms with Gasteiger partial charge in [0.1, 0.15) is 0 Å². The molecule has 118 valence electrons. The predicted molar refractivity (Wildman–Crippen MR) is 87.4 cm³/mol. The molecule has 0 unspecified atom stereocenters. The van der Waals surface area contributed by atoms with Gasteiger partial charge >= 0.3 is 0 Å². The van der Waals surface area contributed by atoms with E-state index in [0.29, 0.717) is 10.7 Å². The summed E-state index contributed by atoms with van der Waals surface area (Å²) in [5.41, 5.74) is 0.890. The van der Waals surface area contributed by atoms with Crippen molar-refractivity contribution < 1.29 is 16.8 Å². The van der Waals surface area contributed by atoms with Crippen LogP contribution in [-0.4, -0.2) is 29.3 Å². The van der Waals surface area contributed by atoms with Crippen molar-refractivity contribution in [2.75, 3.05) is 17.8 Å². The zero-order valence-electron chi connectivity index (χ0n) is 11.9. The van der Waals surface area contributed by atoms with E-state index in [9.17, 15) is 16.8 Å². The van der Waals surface area contributed by atoms with Gasteiger partial charge in [0.25, 0.3) is 0 Å². The van der Waals surface area contributed by atoms with Crippen molar-refractivity contribution in [2.45, 2.75) is 9.79 Å². The highest BCUT2D eigenvalue weighted by Crippen LogP contribution is 2.28. The Morgan fingerprint density at radius 2 is 1.59 bits per heavy atom. The van der Waals surface area contributed by atoms with Gasteiger partial charge in [0, 0.05) is 23.2 Å². The molecule has 0 fully saturated rings. The van der Waals surface area contributed by atoms with Crippen molar-refractivity contribution in [3.05, 3.63) is 47.5 Å². The van der Waals surface area contributed by atoms with Gasteiger partial charge in [-0.05, 0) is 36.4 Å². The average molecular weight is 360 g/mol. The summed E-state index contributed by atoms with van der Waals surface area (Å²) in [5, 5.41) is 3.44. The Kier molecular flexibility index (Phi) is 4.51. The molecular weight excluding hydrogens is 346 g/mol. The topological polar surface area (TPSA) is 80.3 Å². The lowest BCUT2D eigenvalue weighted by atomic mass is 10.2. The van der Waals surface area contributed by atoms with Gasteiger partial charge in [0.2, 0.25) is 0 Å². The highest BCUT2D eigenvalue weighted by Gasteiger charge is 2.18. The number of hydrogen-bond acceptors (Lipinski definition) is 5. The number of sulfone groups is 2. The Balaban J connectivity index is 2.57. The Bertz CT molecular complexity index is 922. The molecule has 2 rings (SSSR count). The van der Waals surface area contributed by atoms with Crippen molar-refractivity contribution in [2.24, 2.45) is 0 Å². The van der Waals surface area contributed by atoms with Crippen LogP contribution < -0.4 is 5.32 Å². The second-order valence-electron chi connectivity index (χ2n) is 4.84. The minimum atomic E-state index is -3.61. The summed E-state index contributed by atoms with van der Waals surface area (Å²) in [7, 11) is -7.10. The molecule has 0 heterocycles. The second-order valence-corrected chi connectivity index (χ2v) is 9.27. The van der Waals surface area contributed by atoms with E-state index in [4.69, 9.17) is 11.6 Å². The molecule has 0 spiro atoms. The van der Waals surface area contributed by atoms with Crippen LogP contribution in [0.1, 0.15) is 0 Å². The molecule has 0 bridgehead atoms. The number of halogens is 1. The van der Waals surface area contributed by atoms with Crippen LogP contribution in [0.3, 0.4) is 0 Å². The van der Waals surface area contributed by atoms with Crippen LogP contribution >= 0.6 is 11.6 Å². The monoisotopic (exact) mass is 359 g/mol. The van der Waals surface area contributed by atoms with Gasteiger partial charge < -0.3 is 5.32 Å². The van der Waals surface area contributed by atoms with Gasteiger partial charge in [0.15, 0.2) is 19.7 Å². The first-order valence-corrected chi connectivity index (χ1v) is 10.3.